The Balaban J connectivity index is 1.31. The average Bonchev–Trinajstić information content (AvgIpc) is 3.29. The summed E-state index contributed by atoms with van der Waals surface area (Å²) in [4.78, 5) is 44.1. The van der Waals surface area contributed by atoms with Gasteiger partial charge in [-0.25, -0.2) is 17.5 Å². The lowest BCUT2D eigenvalue weighted by Gasteiger charge is -2.64. The van der Waals surface area contributed by atoms with E-state index in [9.17, 15) is 22.8 Å². The molecule has 14 heteroatoms. The van der Waals surface area contributed by atoms with Crippen molar-refractivity contribution in [3.63, 3.8) is 0 Å². The Morgan fingerprint density at radius 1 is 0.960 bits per heavy atom. The number of urea groups is 1. The second kappa shape index (κ2) is 12.6. The summed E-state index contributed by atoms with van der Waals surface area (Å²) in [5.74, 6) is 0.301. The number of carbonyl (C=O) groups excluding carboxylic acids is 3. The van der Waals surface area contributed by atoms with Gasteiger partial charge in [-0.05, 0) is 71.5 Å². The first-order valence-corrected chi connectivity index (χ1v) is 20.4. The molecule has 12 nitrogen and oxygen atoms in total. The largest absolute Gasteiger partial charge is 0.481 e. The van der Waals surface area contributed by atoms with Crippen molar-refractivity contribution in [2.24, 2.45) is 45.3 Å². The number of likely N-dealkylation sites (tertiary alicyclic amines) is 1. The summed E-state index contributed by atoms with van der Waals surface area (Å²) in [5.41, 5.74) is -1.44. The Bertz CT molecular complexity index is 1480. The minimum absolute atomic E-state index is 0.000879. The van der Waals surface area contributed by atoms with Crippen LogP contribution in [0.4, 0.5) is 4.79 Å². The molecule has 2 aliphatic heterocycles. The van der Waals surface area contributed by atoms with Crippen molar-refractivity contribution >= 4 is 35.0 Å². The molecule has 6 rings (SSSR count). The van der Waals surface area contributed by atoms with E-state index in [1.54, 1.807) is 4.90 Å². The van der Waals surface area contributed by atoms with Gasteiger partial charge in [-0.2, -0.15) is 0 Å². The first-order chi connectivity index (χ1) is 22.6. The SMILES string of the molecule is CC[C@H](NC(=O)[C@@H]1[C@@H]2[C@H](CN1C(=O)[C@@H](NC(=O)N[C@H](CN(C)S(C)(=O)=O)C(C)(C)C)C(C)(C)C)C2(C)C)B1O[C@@H]2C[C@@H]3C[C@@H](C3(C)C)[C@]2(C)O1. The molecule has 0 aromatic carbocycles. The number of hydrogen-bond donors (Lipinski definition) is 3. The highest BCUT2D eigenvalue weighted by atomic mass is 32.2. The zero-order chi connectivity index (χ0) is 37.7. The van der Waals surface area contributed by atoms with Crippen LogP contribution in [-0.4, -0.2) is 105 Å². The van der Waals surface area contributed by atoms with Crippen molar-refractivity contribution in [3.8, 4) is 0 Å². The van der Waals surface area contributed by atoms with Gasteiger partial charge >= 0.3 is 13.1 Å². The van der Waals surface area contributed by atoms with Crippen molar-refractivity contribution in [1.82, 2.24) is 25.2 Å². The fraction of sp³-hybridized carbons (Fsp3) is 0.917. The molecule has 0 spiro atoms. The van der Waals surface area contributed by atoms with Crippen LogP contribution in [0.5, 0.6) is 0 Å². The molecule has 0 unspecified atom stereocenters. The van der Waals surface area contributed by atoms with Crippen LogP contribution in [-0.2, 0) is 28.9 Å². The maximum absolute atomic E-state index is 14.5. The van der Waals surface area contributed by atoms with Crippen LogP contribution in [0.15, 0.2) is 0 Å². The van der Waals surface area contributed by atoms with Gasteiger partial charge in [-0.1, -0.05) is 76.2 Å². The van der Waals surface area contributed by atoms with E-state index >= 15 is 0 Å². The predicted molar refractivity (Wildman–Crippen MR) is 194 cm³/mol. The molecule has 50 heavy (non-hydrogen) atoms. The molecule has 0 aromatic heterocycles. The first-order valence-electron chi connectivity index (χ1n) is 18.6. The second-order valence-corrected chi connectivity index (χ2v) is 21.7. The van der Waals surface area contributed by atoms with E-state index in [1.807, 2.05) is 48.5 Å². The molecule has 284 valence electrons. The van der Waals surface area contributed by atoms with E-state index in [1.165, 1.54) is 11.4 Å². The van der Waals surface area contributed by atoms with Crippen molar-refractivity contribution < 1.29 is 32.1 Å². The van der Waals surface area contributed by atoms with Gasteiger partial charge in [0.2, 0.25) is 21.8 Å². The van der Waals surface area contributed by atoms with Crippen LogP contribution in [0.1, 0.15) is 102 Å². The van der Waals surface area contributed by atoms with E-state index in [0.717, 1.165) is 19.1 Å². The monoisotopic (exact) mass is 721 g/mol. The van der Waals surface area contributed by atoms with E-state index in [-0.39, 0.29) is 53.1 Å². The lowest BCUT2D eigenvalue weighted by molar-refractivity contribution is -0.199. The molecule has 6 aliphatic rings. The van der Waals surface area contributed by atoms with Gasteiger partial charge in [0.1, 0.15) is 12.1 Å². The molecule has 0 radical (unpaired) electrons. The fourth-order valence-corrected chi connectivity index (χ4v) is 10.0. The van der Waals surface area contributed by atoms with Crippen LogP contribution in [0.2, 0.25) is 0 Å². The Kier molecular flexibility index (Phi) is 9.92. The molecular formula is C36H64BN5O7S. The zero-order valence-electron chi connectivity index (χ0n) is 33.0. The fourth-order valence-electron chi connectivity index (χ4n) is 9.59. The van der Waals surface area contributed by atoms with E-state index in [4.69, 9.17) is 9.31 Å². The number of amides is 4. The van der Waals surface area contributed by atoms with Crippen LogP contribution >= 0.6 is 0 Å². The van der Waals surface area contributed by atoms with Crippen molar-refractivity contribution in [1.29, 1.82) is 0 Å². The van der Waals surface area contributed by atoms with Gasteiger partial charge in [0, 0.05) is 26.2 Å². The van der Waals surface area contributed by atoms with Crippen LogP contribution in [0.3, 0.4) is 0 Å². The molecule has 10 atom stereocenters. The number of carbonyl (C=O) groups is 3. The number of hydrogen-bond acceptors (Lipinski definition) is 7. The Morgan fingerprint density at radius 3 is 2.10 bits per heavy atom. The van der Waals surface area contributed by atoms with Gasteiger partial charge in [-0.3, -0.25) is 9.59 Å². The van der Waals surface area contributed by atoms with Crippen molar-refractivity contribution in [2.45, 2.75) is 138 Å². The molecule has 0 aromatic rings. The van der Waals surface area contributed by atoms with Crippen molar-refractivity contribution in [3.05, 3.63) is 0 Å². The number of sulfonamides is 1. The molecule has 6 fully saturated rings. The summed E-state index contributed by atoms with van der Waals surface area (Å²) in [5, 5.41) is 9.12. The molecule has 2 bridgehead atoms. The molecule has 4 amide bonds. The molecular weight excluding hydrogens is 657 g/mol. The number of nitrogens with one attached hydrogen (secondary N) is 3. The topological polar surface area (TPSA) is 146 Å². The van der Waals surface area contributed by atoms with Crippen LogP contribution < -0.4 is 16.0 Å². The van der Waals surface area contributed by atoms with Crippen LogP contribution in [0, 0.1) is 45.3 Å². The number of likely N-dealkylation sites (N-methyl/N-ethyl adjacent to an activating group) is 1. The summed E-state index contributed by atoms with van der Waals surface area (Å²) in [6.45, 7) is 25.1. The molecule has 3 N–H and O–H groups in total. The van der Waals surface area contributed by atoms with Crippen molar-refractivity contribution in [2.75, 3.05) is 26.4 Å². The van der Waals surface area contributed by atoms with Crippen LogP contribution in [0.25, 0.3) is 0 Å². The van der Waals surface area contributed by atoms with Gasteiger partial charge in [0.05, 0.1) is 23.9 Å². The standard InChI is InChI=1S/C36H64BN5O7S/c1-15-25(37-48-24-17-20-16-22(34(20,8)9)36(24,12)49-37)39-29(43)27-26-21(35(26,10)11)18-42(27)30(44)28(33(5,6)7)40-31(45)38-23(32(2,3)4)19-41(13)50(14,46)47/h20-28H,15-19H2,1-14H3,(H,39,43)(H2,38,40,45)/t20-,21-,22-,23+,24+,25-,26-,27-,28+,36-/m0/s1. The minimum atomic E-state index is -3.47. The Hall–Kier alpha value is -1.90. The van der Waals surface area contributed by atoms with Gasteiger partial charge in [0.25, 0.3) is 0 Å². The number of fused-ring (bicyclic) bond motifs is 1. The zero-order valence-corrected chi connectivity index (χ0v) is 33.8. The Morgan fingerprint density at radius 2 is 1.58 bits per heavy atom. The second-order valence-electron chi connectivity index (χ2n) is 19.6. The third kappa shape index (κ3) is 6.84. The summed E-state index contributed by atoms with van der Waals surface area (Å²) in [6.07, 6.45) is 3.85. The highest BCUT2D eigenvalue weighted by Gasteiger charge is 2.71. The normalized spacial score (nSPS) is 34.2. The average molecular weight is 722 g/mol. The van der Waals surface area contributed by atoms with E-state index in [0.29, 0.717) is 24.8 Å². The summed E-state index contributed by atoms with van der Waals surface area (Å²) in [7, 11) is -2.56. The smallest absolute Gasteiger partial charge is 0.404 e. The summed E-state index contributed by atoms with van der Waals surface area (Å²) in [6, 6.07) is -2.73. The third-order valence-electron chi connectivity index (χ3n) is 13.6. The van der Waals surface area contributed by atoms with Gasteiger partial charge < -0.3 is 30.2 Å². The maximum Gasteiger partial charge on any atom is 0.481 e. The number of piperidine rings is 1. The maximum atomic E-state index is 14.5. The minimum Gasteiger partial charge on any atom is -0.404 e. The summed E-state index contributed by atoms with van der Waals surface area (Å²) >= 11 is 0. The Labute approximate surface area is 301 Å². The lowest BCUT2D eigenvalue weighted by atomic mass is 9.43. The first kappa shape index (κ1) is 39.3. The number of nitrogens with zero attached hydrogens (tertiary/aromatic N) is 2. The molecule has 4 saturated carbocycles. The highest BCUT2D eigenvalue weighted by Crippen LogP contribution is 2.66. The van der Waals surface area contributed by atoms with E-state index in [2.05, 4.69) is 50.6 Å². The quantitative estimate of drug-likeness (QED) is 0.292. The van der Waals surface area contributed by atoms with Gasteiger partial charge in [0.15, 0.2) is 0 Å². The molecule has 4 aliphatic carbocycles. The molecule has 2 saturated heterocycles. The summed E-state index contributed by atoms with van der Waals surface area (Å²) < 4.78 is 38.8. The predicted octanol–water partition coefficient (Wildman–Crippen LogP) is 3.65. The highest BCUT2D eigenvalue weighted by molar-refractivity contribution is 7.88. The third-order valence-corrected chi connectivity index (χ3v) is 14.9. The molecule has 2 heterocycles. The lowest BCUT2D eigenvalue weighted by Crippen LogP contribution is -2.65. The number of rotatable bonds is 10. The van der Waals surface area contributed by atoms with E-state index < -0.39 is 57.7 Å². The van der Waals surface area contributed by atoms with Gasteiger partial charge in [-0.15, -0.1) is 0 Å².